The van der Waals surface area contributed by atoms with Gasteiger partial charge < -0.3 is 0 Å². The van der Waals surface area contributed by atoms with Crippen LogP contribution in [0.2, 0.25) is 0 Å². The highest BCUT2D eigenvalue weighted by molar-refractivity contribution is 6.05. The van der Waals surface area contributed by atoms with Crippen molar-refractivity contribution in [3.05, 3.63) is 0 Å². The van der Waals surface area contributed by atoms with Crippen LogP contribution in [0.4, 0.5) is 0 Å². The van der Waals surface area contributed by atoms with Gasteiger partial charge in [-0.25, -0.2) is 5.01 Å². The lowest BCUT2D eigenvalue weighted by Gasteiger charge is -2.12. The van der Waals surface area contributed by atoms with Crippen molar-refractivity contribution in [3.63, 3.8) is 0 Å². The molecule has 5 heteroatoms. The number of nitrogens with zero attached hydrogens (tertiary/aromatic N) is 2. The third-order valence-electron chi connectivity index (χ3n) is 2.64. The SMILES string of the molecule is CN1C(=O)[C@H]2CN(N)C[C@@H]2C1=O. The van der Waals surface area contributed by atoms with Gasteiger partial charge in [0.05, 0.1) is 11.8 Å². The van der Waals surface area contributed by atoms with E-state index in [2.05, 4.69) is 0 Å². The molecule has 0 bridgehead atoms. The molecule has 0 radical (unpaired) electrons. The van der Waals surface area contributed by atoms with Crippen LogP contribution in [0.25, 0.3) is 0 Å². The topological polar surface area (TPSA) is 66.6 Å². The number of carbonyl (C=O) groups is 2. The second-order valence-corrected chi connectivity index (χ2v) is 3.40. The quantitative estimate of drug-likeness (QED) is 0.350. The third-order valence-corrected chi connectivity index (χ3v) is 2.64. The average Bonchev–Trinajstić information content (AvgIpc) is 2.49. The van der Waals surface area contributed by atoms with Gasteiger partial charge in [-0.1, -0.05) is 0 Å². The summed E-state index contributed by atoms with van der Waals surface area (Å²) in [6, 6.07) is 0. The Morgan fingerprint density at radius 2 is 1.67 bits per heavy atom. The van der Waals surface area contributed by atoms with Gasteiger partial charge in [0, 0.05) is 20.1 Å². The molecule has 0 aromatic heterocycles. The Bertz CT molecular complexity index is 229. The first-order valence-electron chi connectivity index (χ1n) is 3.92. The number of nitrogens with two attached hydrogens (primary N) is 1. The van der Waals surface area contributed by atoms with Gasteiger partial charge in [0.1, 0.15) is 0 Å². The van der Waals surface area contributed by atoms with Crippen molar-refractivity contribution in [2.75, 3.05) is 20.1 Å². The average molecular weight is 169 g/mol. The molecule has 0 aromatic rings. The highest BCUT2D eigenvalue weighted by Crippen LogP contribution is 2.30. The van der Waals surface area contributed by atoms with Crippen molar-refractivity contribution in [2.24, 2.45) is 17.7 Å². The predicted octanol–water partition coefficient (Wildman–Crippen LogP) is -1.59. The number of carbonyl (C=O) groups excluding carboxylic acids is 2. The maximum absolute atomic E-state index is 11.4. The molecule has 2 rings (SSSR count). The summed E-state index contributed by atoms with van der Waals surface area (Å²) in [5.74, 6) is 4.96. The number of rotatable bonds is 0. The van der Waals surface area contributed by atoms with E-state index in [0.717, 1.165) is 0 Å². The highest BCUT2D eigenvalue weighted by atomic mass is 16.2. The maximum Gasteiger partial charge on any atom is 0.234 e. The molecular weight excluding hydrogens is 158 g/mol. The van der Waals surface area contributed by atoms with E-state index in [0.29, 0.717) is 13.1 Å². The molecule has 0 aromatic carbocycles. The number of imide groups is 1. The number of hydrogen-bond acceptors (Lipinski definition) is 4. The van der Waals surface area contributed by atoms with Gasteiger partial charge in [-0.15, -0.1) is 0 Å². The van der Waals surface area contributed by atoms with E-state index in [1.165, 1.54) is 17.0 Å². The molecule has 0 aliphatic carbocycles. The number of hydrogen-bond donors (Lipinski definition) is 1. The van der Waals surface area contributed by atoms with Gasteiger partial charge in [0.25, 0.3) is 0 Å². The van der Waals surface area contributed by atoms with Crippen LogP contribution in [-0.2, 0) is 9.59 Å². The minimum atomic E-state index is -0.188. The summed E-state index contributed by atoms with van der Waals surface area (Å²) in [5.41, 5.74) is 0. The number of amides is 2. The minimum absolute atomic E-state index is 0.0852. The summed E-state index contributed by atoms with van der Waals surface area (Å²) in [5, 5.41) is 1.54. The lowest BCUT2D eigenvalue weighted by atomic mass is 10.00. The molecular formula is C7H11N3O2. The van der Waals surface area contributed by atoms with E-state index in [9.17, 15) is 9.59 Å². The fraction of sp³-hybridized carbons (Fsp3) is 0.714. The Labute approximate surface area is 70.1 Å². The summed E-state index contributed by atoms with van der Waals surface area (Å²) < 4.78 is 0. The minimum Gasteiger partial charge on any atom is -0.285 e. The summed E-state index contributed by atoms with van der Waals surface area (Å²) in [6.45, 7) is 1.03. The Balaban J connectivity index is 2.27. The first-order valence-corrected chi connectivity index (χ1v) is 3.92. The summed E-state index contributed by atoms with van der Waals surface area (Å²) in [4.78, 5) is 23.9. The highest BCUT2D eigenvalue weighted by Gasteiger charge is 2.50. The van der Waals surface area contributed by atoms with Crippen molar-refractivity contribution < 1.29 is 9.59 Å². The van der Waals surface area contributed by atoms with Crippen molar-refractivity contribution in [1.82, 2.24) is 9.91 Å². The van der Waals surface area contributed by atoms with Crippen molar-refractivity contribution in [3.8, 4) is 0 Å². The van der Waals surface area contributed by atoms with Crippen LogP contribution in [0.1, 0.15) is 0 Å². The zero-order valence-electron chi connectivity index (χ0n) is 6.86. The molecule has 0 spiro atoms. The molecule has 2 aliphatic heterocycles. The number of likely N-dealkylation sites (tertiary alicyclic amines) is 1. The van der Waals surface area contributed by atoms with Crippen LogP contribution < -0.4 is 5.84 Å². The smallest absolute Gasteiger partial charge is 0.234 e. The van der Waals surface area contributed by atoms with Crippen LogP contribution in [0.5, 0.6) is 0 Å². The first kappa shape index (κ1) is 7.70. The van der Waals surface area contributed by atoms with Gasteiger partial charge in [-0.05, 0) is 0 Å². The molecule has 2 aliphatic rings. The number of hydrazine groups is 1. The Morgan fingerprint density at radius 3 is 2.08 bits per heavy atom. The van der Waals surface area contributed by atoms with Crippen LogP contribution >= 0.6 is 0 Å². The summed E-state index contributed by atoms with van der Waals surface area (Å²) in [7, 11) is 1.53. The van der Waals surface area contributed by atoms with Crippen LogP contribution in [0.3, 0.4) is 0 Å². The zero-order chi connectivity index (χ0) is 8.88. The second-order valence-electron chi connectivity index (χ2n) is 3.40. The molecule has 2 heterocycles. The number of fused-ring (bicyclic) bond motifs is 1. The van der Waals surface area contributed by atoms with Crippen molar-refractivity contribution in [1.29, 1.82) is 0 Å². The monoisotopic (exact) mass is 169 g/mol. The summed E-state index contributed by atoms with van der Waals surface area (Å²) in [6.07, 6.45) is 0. The van der Waals surface area contributed by atoms with Gasteiger partial charge in [-0.3, -0.25) is 20.3 Å². The van der Waals surface area contributed by atoms with E-state index < -0.39 is 0 Å². The molecule has 2 N–H and O–H groups in total. The fourth-order valence-electron chi connectivity index (χ4n) is 1.94. The van der Waals surface area contributed by atoms with E-state index in [1.807, 2.05) is 0 Å². The Hall–Kier alpha value is -0.940. The molecule has 2 saturated heterocycles. The van der Waals surface area contributed by atoms with E-state index in [1.54, 1.807) is 0 Å². The van der Waals surface area contributed by atoms with E-state index >= 15 is 0 Å². The Kier molecular flexibility index (Phi) is 1.46. The zero-order valence-corrected chi connectivity index (χ0v) is 6.86. The summed E-state index contributed by atoms with van der Waals surface area (Å²) >= 11 is 0. The lowest BCUT2D eigenvalue weighted by molar-refractivity contribution is -0.138. The normalized spacial score (nSPS) is 36.3. The molecule has 2 atom stereocenters. The standard InChI is InChI=1S/C7H11N3O2/c1-9-6(11)4-2-10(8)3-5(4)7(9)12/h4-5H,2-3,8H2,1H3/t4-,5-/m0/s1. The first-order chi connectivity index (χ1) is 5.61. The van der Waals surface area contributed by atoms with E-state index in [-0.39, 0.29) is 23.7 Å². The van der Waals surface area contributed by atoms with Gasteiger partial charge in [-0.2, -0.15) is 0 Å². The van der Waals surface area contributed by atoms with Gasteiger partial charge >= 0.3 is 0 Å². The predicted molar refractivity (Wildman–Crippen MR) is 40.5 cm³/mol. The van der Waals surface area contributed by atoms with Crippen molar-refractivity contribution in [2.45, 2.75) is 0 Å². The molecule has 0 saturated carbocycles. The van der Waals surface area contributed by atoms with Gasteiger partial charge in [0.2, 0.25) is 11.8 Å². The molecule has 0 unspecified atom stereocenters. The van der Waals surface area contributed by atoms with Crippen LogP contribution in [-0.4, -0.2) is 41.9 Å². The van der Waals surface area contributed by atoms with Crippen LogP contribution in [0, 0.1) is 11.8 Å². The molecule has 5 nitrogen and oxygen atoms in total. The largest absolute Gasteiger partial charge is 0.285 e. The van der Waals surface area contributed by atoms with Gasteiger partial charge in [0.15, 0.2) is 0 Å². The molecule has 12 heavy (non-hydrogen) atoms. The fourth-order valence-corrected chi connectivity index (χ4v) is 1.94. The lowest BCUT2D eigenvalue weighted by Crippen LogP contribution is -2.36. The molecule has 2 fully saturated rings. The Morgan fingerprint density at radius 1 is 1.25 bits per heavy atom. The third kappa shape index (κ3) is 0.804. The molecule has 66 valence electrons. The maximum atomic E-state index is 11.4. The van der Waals surface area contributed by atoms with Crippen LogP contribution in [0.15, 0.2) is 0 Å². The second kappa shape index (κ2) is 2.27. The van der Waals surface area contributed by atoms with E-state index in [4.69, 9.17) is 5.84 Å². The van der Waals surface area contributed by atoms with Crippen molar-refractivity contribution >= 4 is 11.8 Å². The molecule has 2 amide bonds.